The summed E-state index contributed by atoms with van der Waals surface area (Å²) in [7, 11) is 0. The van der Waals surface area contributed by atoms with Crippen LogP contribution in [0.25, 0.3) is 10.2 Å². The van der Waals surface area contributed by atoms with Gasteiger partial charge in [-0.05, 0) is 0 Å². The molecule has 0 saturated heterocycles. The molecule has 0 unspecified atom stereocenters. The SMILES string of the molecule is ClCC[Se]c1nc2ccccc2s1. The van der Waals surface area contributed by atoms with Gasteiger partial charge in [-0.1, -0.05) is 0 Å². The van der Waals surface area contributed by atoms with E-state index in [9.17, 15) is 0 Å². The fourth-order valence-corrected chi connectivity index (χ4v) is 4.43. The normalized spacial score (nSPS) is 10.8. The molecule has 1 heterocycles. The van der Waals surface area contributed by atoms with Crippen LogP contribution >= 0.6 is 22.9 Å². The molecule has 1 aromatic carbocycles. The van der Waals surface area contributed by atoms with Gasteiger partial charge in [-0.2, -0.15) is 0 Å². The summed E-state index contributed by atoms with van der Waals surface area (Å²) >= 11 is 7.90. The molecule has 0 saturated carbocycles. The fraction of sp³-hybridized carbons (Fsp3) is 0.222. The van der Waals surface area contributed by atoms with Crippen LogP contribution < -0.4 is 3.91 Å². The van der Waals surface area contributed by atoms with E-state index in [-0.39, 0.29) is 0 Å². The van der Waals surface area contributed by atoms with Crippen LogP contribution in [-0.4, -0.2) is 25.8 Å². The minimum absolute atomic E-state index is 0.464. The molecule has 0 aliphatic carbocycles. The molecule has 0 amide bonds. The summed E-state index contributed by atoms with van der Waals surface area (Å²) in [5.74, 6) is 0.746. The van der Waals surface area contributed by atoms with Gasteiger partial charge in [0.25, 0.3) is 0 Å². The third kappa shape index (κ3) is 2.23. The van der Waals surface area contributed by atoms with Crippen molar-refractivity contribution in [2.75, 3.05) is 5.88 Å². The molecule has 0 N–H and O–H groups in total. The monoisotopic (exact) mass is 277 g/mol. The second kappa shape index (κ2) is 4.43. The van der Waals surface area contributed by atoms with E-state index in [1.807, 2.05) is 6.07 Å². The summed E-state index contributed by atoms with van der Waals surface area (Å²) in [6.07, 6.45) is 0. The Hall–Kier alpha value is -0.0805. The van der Waals surface area contributed by atoms with Gasteiger partial charge in [0.2, 0.25) is 0 Å². The van der Waals surface area contributed by atoms with Gasteiger partial charge in [0.05, 0.1) is 0 Å². The first kappa shape index (κ1) is 9.47. The maximum absolute atomic E-state index is 5.64. The van der Waals surface area contributed by atoms with Crippen LogP contribution in [0.15, 0.2) is 24.3 Å². The molecule has 68 valence electrons. The number of benzene rings is 1. The number of alkyl halides is 1. The van der Waals surface area contributed by atoms with Crippen LogP contribution in [0.3, 0.4) is 0 Å². The van der Waals surface area contributed by atoms with Gasteiger partial charge >= 0.3 is 92.5 Å². The molecule has 0 aliphatic rings. The topological polar surface area (TPSA) is 12.9 Å². The Balaban J connectivity index is 2.28. The second-order valence-electron chi connectivity index (χ2n) is 2.48. The predicted octanol–water partition coefficient (Wildman–Crippen LogP) is 2.28. The Kier molecular flexibility index (Phi) is 3.23. The number of thiazole rings is 1. The number of aromatic nitrogens is 1. The molecule has 1 nitrogen and oxygen atoms in total. The van der Waals surface area contributed by atoms with Crippen LogP contribution in [0.4, 0.5) is 0 Å². The Morgan fingerprint density at radius 1 is 1.38 bits per heavy atom. The molecule has 2 rings (SSSR count). The van der Waals surface area contributed by atoms with Crippen LogP contribution in [0.5, 0.6) is 0 Å². The van der Waals surface area contributed by atoms with Crippen molar-refractivity contribution in [1.29, 1.82) is 0 Å². The second-order valence-corrected chi connectivity index (χ2v) is 6.75. The molecule has 4 heteroatoms. The van der Waals surface area contributed by atoms with Crippen molar-refractivity contribution in [1.82, 2.24) is 4.98 Å². The molecule has 0 spiro atoms. The van der Waals surface area contributed by atoms with Crippen molar-refractivity contribution in [3.63, 3.8) is 0 Å². The summed E-state index contributed by atoms with van der Waals surface area (Å²) in [6, 6.07) is 8.26. The van der Waals surface area contributed by atoms with E-state index in [1.165, 1.54) is 8.61 Å². The van der Waals surface area contributed by atoms with Crippen molar-refractivity contribution < 1.29 is 0 Å². The van der Waals surface area contributed by atoms with Crippen molar-refractivity contribution in [2.45, 2.75) is 5.32 Å². The molecule has 0 atom stereocenters. The van der Waals surface area contributed by atoms with Crippen LogP contribution in [0.1, 0.15) is 0 Å². The number of halogens is 1. The van der Waals surface area contributed by atoms with E-state index in [4.69, 9.17) is 11.6 Å². The third-order valence-electron chi connectivity index (χ3n) is 1.58. The standard InChI is InChI=1S/C9H8ClNSSe/c10-5-6-13-9-11-7-3-1-2-4-8(7)12-9/h1-4H,5-6H2. The van der Waals surface area contributed by atoms with Crippen molar-refractivity contribution in [2.24, 2.45) is 0 Å². The zero-order chi connectivity index (χ0) is 9.10. The number of para-hydroxylation sites is 1. The molecular weight excluding hydrogens is 269 g/mol. The zero-order valence-electron chi connectivity index (χ0n) is 6.87. The van der Waals surface area contributed by atoms with Crippen LogP contribution in [0.2, 0.25) is 5.32 Å². The number of hydrogen-bond acceptors (Lipinski definition) is 2. The van der Waals surface area contributed by atoms with E-state index in [2.05, 4.69) is 23.2 Å². The van der Waals surface area contributed by atoms with Crippen LogP contribution in [0, 0.1) is 0 Å². The van der Waals surface area contributed by atoms with E-state index in [1.54, 1.807) is 11.3 Å². The van der Waals surface area contributed by atoms with E-state index >= 15 is 0 Å². The van der Waals surface area contributed by atoms with Gasteiger partial charge in [0, 0.05) is 0 Å². The fourth-order valence-electron chi connectivity index (χ4n) is 1.04. The van der Waals surface area contributed by atoms with Gasteiger partial charge in [-0.3, -0.25) is 0 Å². The van der Waals surface area contributed by atoms with E-state index in [0.29, 0.717) is 15.0 Å². The van der Waals surface area contributed by atoms with E-state index in [0.717, 1.165) is 16.7 Å². The average Bonchev–Trinajstić information content (AvgIpc) is 2.57. The molecule has 0 bridgehead atoms. The Morgan fingerprint density at radius 3 is 3.00 bits per heavy atom. The molecule has 0 aliphatic heterocycles. The van der Waals surface area contributed by atoms with Crippen molar-refractivity contribution >= 4 is 52.0 Å². The summed E-state index contributed by atoms with van der Waals surface area (Å²) in [5, 5.41) is 1.08. The van der Waals surface area contributed by atoms with Gasteiger partial charge in [0.1, 0.15) is 0 Å². The summed E-state index contributed by atoms with van der Waals surface area (Å²) < 4.78 is 2.54. The molecule has 0 fully saturated rings. The predicted molar refractivity (Wildman–Crippen MR) is 60.5 cm³/mol. The third-order valence-corrected chi connectivity index (χ3v) is 5.81. The number of nitrogens with zero attached hydrogens (tertiary/aromatic N) is 1. The molecule has 2 aromatic rings. The van der Waals surface area contributed by atoms with Crippen molar-refractivity contribution in [3.05, 3.63) is 24.3 Å². The zero-order valence-corrected chi connectivity index (χ0v) is 10.2. The van der Waals surface area contributed by atoms with Gasteiger partial charge in [-0.25, -0.2) is 0 Å². The maximum atomic E-state index is 5.64. The molecule has 0 radical (unpaired) electrons. The number of fused-ring (bicyclic) bond motifs is 1. The Bertz CT molecular complexity index is 368. The van der Waals surface area contributed by atoms with Gasteiger partial charge in [0.15, 0.2) is 0 Å². The first-order valence-electron chi connectivity index (χ1n) is 3.94. The van der Waals surface area contributed by atoms with E-state index < -0.39 is 0 Å². The van der Waals surface area contributed by atoms with Crippen LogP contribution in [-0.2, 0) is 0 Å². The molecule has 1 aromatic heterocycles. The Morgan fingerprint density at radius 2 is 2.23 bits per heavy atom. The number of rotatable bonds is 3. The summed E-state index contributed by atoms with van der Waals surface area (Å²) in [6.45, 7) is 0. The quantitative estimate of drug-likeness (QED) is 0.619. The molecular formula is C9H8ClNSSe. The van der Waals surface area contributed by atoms with Crippen molar-refractivity contribution in [3.8, 4) is 0 Å². The average molecular weight is 277 g/mol. The first-order valence-corrected chi connectivity index (χ1v) is 7.36. The number of hydrogen-bond donors (Lipinski definition) is 0. The summed E-state index contributed by atoms with van der Waals surface area (Å²) in [5.41, 5.74) is 1.12. The first-order chi connectivity index (χ1) is 6.40. The minimum atomic E-state index is 0.464. The van der Waals surface area contributed by atoms with Gasteiger partial charge < -0.3 is 0 Å². The Labute approximate surface area is 92.3 Å². The molecule has 13 heavy (non-hydrogen) atoms. The summed E-state index contributed by atoms with van der Waals surface area (Å²) in [4.78, 5) is 4.54. The van der Waals surface area contributed by atoms with Gasteiger partial charge in [-0.15, -0.1) is 0 Å².